The van der Waals surface area contributed by atoms with Crippen molar-refractivity contribution >= 4 is 31.5 Å². The van der Waals surface area contributed by atoms with Gasteiger partial charge in [0, 0.05) is 42.3 Å². The van der Waals surface area contributed by atoms with Gasteiger partial charge in [-0.2, -0.15) is 0 Å². The molecule has 11 rings (SSSR count). The lowest BCUT2D eigenvalue weighted by Crippen LogP contribution is -2.16. The summed E-state index contributed by atoms with van der Waals surface area (Å²) >= 11 is 1.84. The maximum Gasteiger partial charge on any atom is 0.161 e. The molecule has 0 bridgehead atoms. The van der Waals surface area contributed by atoms with Crippen molar-refractivity contribution in [3.63, 3.8) is 0 Å². The number of hydrogen-bond acceptors (Lipinski definition) is 3. The lowest BCUT2D eigenvalue weighted by Gasteiger charge is -2.25. The number of thiophene rings is 1. The van der Waals surface area contributed by atoms with E-state index in [1.165, 1.54) is 64.7 Å². The van der Waals surface area contributed by atoms with Gasteiger partial charge in [-0.1, -0.05) is 190 Å². The molecule has 8 aromatic carbocycles. The molecule has 2 aromatic heterocycles. The van der Waals surface area contributed by atoms with Crippen LogP contribution in [0, 0.1) is 0 Å². The van der Waals surface area contributed by atoms with Gasteiger partial charge in [0.25, 0.3) is 0 Å². The second kappa shape index (κ2) is 13.6. The van der Waals surface area contributed by atoms with Gasteiger partial charge in [-0.05, 0) is 73.8 Å². The van der Waals surface area contributed by atoms with Crippen LogP contribution in [0.2, 0.25) is 0 Å². The number of hydrogen-bond donors (Lipinski definition) is 0. The third kappa shape index (κ3) is 5.54. The molecule has 0 atom stereocenters. The van der Waals surface area contributed by atoms with Gasteiger partial charge in [0.05, 0.1) is 11.4 Å². The third-order valence-electron chi connectivity index (χ3n) is 11.9. The SMILES string of the molecule is CC1(C)c2ccccc2-c2c(-c3nc(-c4ccccc4-c4ccc(-c5ccccc5)cc4)cc(-c4cccc5c4sc4ccccc45)n3)ccc(-c3ccccc3)c21. The molecule has 0 saturated heterocycles. The second-order valence-corrected chi connectivity index (χ2v) is 16.7. The molecule has 1 aliphatic carbocycles. The molecule has 0 unspecified atom stereocenters. The quantitative estimate of drug-likeness (QED) is 0.169. The maximum absolute atomic E-state index is 5.57. The largest absolute Gasteiger partial charge is 0.228 e. The Morgan fingerprint density at radius 3 is 1.71 bits per heavy atom. The van der Waals surface area contributed by atoms with Gasteiger partial charge in [-0.15, -0.1) is 11.3 Å². The normalized spacial score (nSPS) is 12.8. The summed E-state index contributed by atoms with van der Waals surface area (Å²) in [7, 11) is 0. The van der Waals surface area contributed by atoms with Crippen molar-refractivity contribution < 1.29 is 0 Å². The number of rotatable bonds is 6. The van der Waals surface area contributed by atoms with E-state index in [0.29, 0.717) is 0 Å². The molecule has 0 aliphatic heterocycles. The highest BCUT2D eigenvalue weighted by atomic mass is 32.1. The second-order valence-electron chi connectivity index (χ2n) is 15.7. The van der Waals surface area contributed by atoms with Crippen LogP contribution in [-0.2, 0) is 5.41 Å². The Morgan fingerprint density at radius 1 is 0.397 bits per heavy atom. The molecule has 58 heavy (non-hydrogen) atoms. The number of nitrogens with zero attached hydrogens (tertiary/aromatic N) is 2. The fraction of sp³-hybridized carbons (Fsp3) is 0.0545. The van der Waals surface area contributed by atoms with E-state index in [0.717, 1.165) is 45.0 Å². The van der Waals surface area contributed by atoms with E-state index >= 15 is 0 Å². The van der Waals surface area contributed by atoms with Crippen LogP contribution in [0.1, 0.15) is 25.0 Å². The zero-order valence-corrected chi connectivity index (χ0v) is 33.1. The average molecular weight is 759 g/mol. The van der Waals surface area contributed by atoms with Crippen molar-refractivity contribution in [2.45, 2.75) is 19.3 Å². The molecule has 3 heteroatoms. The van der Waals surface area contributed by atoms with Crippen molar-refractivity contribution in [1.82, 2.24) is 9.97 Å². The van der Waals surface area contributed by atoms with Crippen LogP contribution in [-0.4, -0.2) is 9.97 Å². The van der Waals surface area contributed by atoms with Crippen LogP contribution in [0.4, 0.5) is 0 Å². The minimum atomic E-state index is -0.227. The first-order chi connectivity index (χ1) is 28.5. The minimum Gasteiger partial charge on any atom is -0.228 e. The van der Waals surface area contributed by atoms with Crippen molar-refractivity contribution in [1.29, 1.82) is 0 Å². The number of benzene rings is 8. The van der Waals surface area contributed by atoms with Crippen molar-refractivity contribution in [2.75, 3.05) is 0 Å². The molecule has 0 radical (unpaired) electrons. The topological polar surface area (TPSA) is 25.8 Å². The zero-order chi connectivity index (χ0) is 38.8. The predicted molar refractivity (Wildman–Crippen MR) is 245 cm³/mol. The van der Waals surface area contributed by atoms with E-state index in [-0.39, 0.29) is 5.41 Å². The molecule has 1 aliphatic rings. The molecule has 2 nitrogen and oxygen atoms in total. The monoisotopic (exact) mass is 758 g/mol. The summed E-state index contributed by atoms with van der Waals surface area (Å²) < 4.78 is 2.51. The first-order valence-corrected chi connectivity index (χ1v) is 20.7. The molecule has 10 aromatic rings. The fourth-order valence-corrected chi connectivity index (χ4v) is 10.4. The predicted octanol–water partition coefficient (Wildman–Crippen LogP) is 15.2. The first kappa shape index (κ1) is 34.3. The van der Waals surface area contributed by atoms with Crippen molar-refractivity contribution in [3.8, 4) is 78.4 Å². The summed E-state index contributed by atoms with van der Waals surface area (Å²) in [6, 6.07) is 69.9. The Hall–Kier alpha value is -6.94. The Balaban J connectivity index is 1.17. The number of fused-ring (bicyclic) bond motifs is 6. The van der Waals surface area contributed by atoms with Crippen molar-refractivity contribution in [3.05, 3.63) is 205 Å². The summed E-state index contributed by atoms with van der Waals surface area (Å²) in [5.74, 6) is 0.725. The van der Waals surface area contributed by atoms with E-state index in [1.807, 2.05) is 11.3 Å². The molecule has 0 amide bonds. The Morgan fingerprint density at radius 2 is 0.931 bits per heavy atom. The summed E-state index contributed by atoms with van der Waals surface area (Å²) in [5.41, 5.74) is 17.1. The van der Waals surface area contributed by atoms with Gasteiger partial charge >= 0.3 is 0 Å². The Bertz CT molecular complexity index is 3180. The van der Waals surface area contributed by atoms with Gasteiger partial charge in [0.2, 0.25) is 0 Å². The molecule has 0 fully saturated rings. The van der Waals surface area contributed by atoms with Gasteiger partial charge in [0.15, 0.2) is 5.82 Å². The van der Waals surface area contributed by atoms with E-state index in [2.05, 4.69) is 208 Å². The van der Waals surface area contributed by atoms with Gasteiger partial charge in [0.1, 0.15) is 0 Å². The summed E-state index contributed by atoms with van der Waals surface area (Å²) in [6.45, 7) is 4.72. The van der Waals surface area contributed by atoms with Crippen LogP contribution >= 0.6 is 11.3 Å². The van der Waals surface area contributed by atoms with E-state index < -0.39 is 0 Å². The van der Waals surface area contributed by atoms with Crippen LogP contribution in [0.3, 0.4) is 0 Å². The van der Waals surface area contributed by atoms with E-state index in [4.69, 9.17) is 9.97 Å². The van der Waals surface area contributed by atoms with Crippen molar-refractivity contribution in [2.24, 2.45) is 0 Å². The lowest BCUT2D eigenvalue weighted by molar-refractivity contribution is 0.662. The lowest BCUT2D eigenvalue weighted by atomic mass is 9.78. The highest BCUT2D eigenvalue weighted by Gasteiger charge is 2.39. The zero-order valence-electron chi connectivity index (χ0n) is 32.3. The third-order valence-corrected chi connectivity index (χ3v) is 13.2. The molecule has 0 N–H and O–H groups in total. The summed E-state index contributed by atoms with van der Waals surface area (Å²) in [6.07, 6.45) is 0. The molecule has 2 heterocycles. The van der Waals surface area contributed by atoms with Gasteiger partial charge in [-0.25, -0.2) is 9.97 Å². The van der Waals surface area contributed by atoms with Crippen LogP contribution < -0.4 is 0 Å². The molecule has 0 spiro atoms. The van der Waals surface area contributed by atoms with Gasteiger partial charge < -0.3 is 0 Å². The van der Waals surface area contributed by atoms with Gasteiger partial charge in [-0.3, -0.25) is 0 Å². The summed E-state index contributed by atoms with van der Waals surface area (Å²) in [4.78, 5) is 11.1. The molecule has 274 valence electrons. The van der Waals surface area contributed by atoms with Crippen LogP contribution in [0.25, 0.3) is 98.6 Å². The molecule has 0 saturated carbocycles. The standard InChI is InChI=1S/C55H38N2S/c1-55(2)47-26-13-11-23-44(47)51-46(33-32-40(52(51)55)37-18-7-4-8-19-37)54-56-48(34-49(57-54)45-25-15-24-43-42-22-12-14-27-50(42)58-53(43)45)41-21-10-9-20-39(41)38-30-28-36(29-31-38)35-16-5-3-6-17-35/h3-34H,1-2H3. The highest BCUT2D eigenvalue weighted by molar-refractivity contribution is 7.26. The minimum absolute atomic E-state index is 0.227. The molecular weight excluding hydrogens is 721 g/mol. The van der Waals surface area contributed by atoms with E-state index in [9.17, 15) is 0 Å². The first-order valence-electron chi connectivity index (χ1n) is 19.9. The van der Waals surface area contributed by atoms with Crippen LogP contribution in [0.15, 0.2) is 194 Å². The smallest absolute Gasteiger partial charge is 0.161 e. The Kier molecular flexibility index (Phi) is 8.06. The summed E-state index contributed by atoms with van der Waals surface area (Å²) in [5, 5.41) is 2.53. The van der Waals surface area contributed by atoms with E-state index in [1.54, 1.807) is 0 Å². The molecular formula is C55H38N2S. The Labute approximate surface area is 342 Å². The highest BCUT2D eigenvalue weighted by Crippen LogP contribution is 2.55. The van der Waals surface area contributed by atoms with Crippen LogP contribution in [0.5, 0.6) is 0 Å². The average Bonchev–Trinajstić information content (AvgIpc) is 3.79. The maximum atomic E-state index is 5.57. The fourth-order valence-electron chi connectivity index (χ4n) is 9.18. The number of aromatic nitrogens is 2.